The molecule has 0 N–H and O–H groups in total. The Labute approximate surface area is 86.5 Å². The zero-order valence-corrected chi connectivity index (χ0v) is 8.86. The van der Waals surface area contributed by atoms with Gasteiger partial charge < -0.3 is 4.74 Å². The number of hydrogen-bond donors (Lipinski definition) is 0. The number of benzene rings is 1. The highest BCUT2D eigenvalue weighted by Crippen LogP contribution is 2.20. The number of rotatable bonds is 3. The zero-order chi connectivity index (χ0) is 10.6. The monoisotopic (exact) mass is 214 g/mol. The highest BCUT2D eigenvalue weighted by atomic mass is 32.2. The molecule has 0 bridgehead atoms. The van der Waals surface area contributed by atoms with Gasteiger partial charge in [-0.05, 0) is 24.0 Å². The molecule has 1 rings (SSSR count). The van der Waals surface area contributed by atoms with Gasteiger partial charge in [0, 0.05) is 4.90 Å². The molecule has 0 unspecified atom stereocenters. The van der Waals surface area contributed by atoms with Crippen LogP contribution in [0, 0.1) is 5.82 Å². The Morgan fingerprint density at radius 3 is 2.86 bits per heavy atom. The number of carbonyl (C=O) groups is 1. The van der Waals surface area contributed by atoms with E-state index in [2.05, 4.69) is 4.74 Å². The smallest absolute Gasteiger partial charge is 0.309 e. The predicted molar refractivity (Wildman–Crippen MR) is 53.9 cm³/mol. The number of carbonyl (C=O) groups excluding carboxylic acids is 1. The summed E-state index contributed by atoms with van der Waals surface area (Å²) in [5, 5.41) is 0. The van der Waals surface area contributed by atoms with Crippen LogP contribution in [-0.4, -0.2) is 19.3 Å². The van der Waals surface area contributed by atoms with Crippen molar-refractivity contribution in [2.24, 2.45) is 0 Å². The van der Waals surface area contributed by atoms with Gasteiger partial charge in [0.15, 0.2) is 0 Å². The molecule has 0 spiro atoms. The Morgan fingerprint density at radius 2 is 2.29 bits per heavy atom. The molecule has 0 aliphatic rings. The van der Waals surface area contributed by atoms with E-state index in [1.807, 2.05) is 0 Å². The Kier molecular flexibility index (Phi) is 3.95. The molecule has 2 nitrogen and oxygen atoms in total. The van der Waals surface area contributed by atoms with E-state index in [0.29, 0.717) is 4.90 Å². The Balaban J connectivity index is 2.84. The zero-order valence-electron chi connectivity index (χ0n) is 8.04. The summed E-state index contributed by atoms with van der Waals surface area (Å²) in [4.78, 5) is 11.5. The molecule has 0 radical (unpaired) electrons. The Hall–Kier alpha value is -1.03. The predicted octanol–water partition coefficient (Wildman–Crippen LogP) is 2.26. The van der Waals surface area contributed by atoms with E-state index in [4.69, 9.17) is 0 Å². The van der Waals surface area contributed by atoms with Crippen LogP contribution in [0.25, 0.3) is 0 Å². The first kappa shape index (κ1) is 11.0. The summed E-state index contributed by atoms with van der Waals surface area (Å²) in [5.41, 5.74) is 0.766. The van der Waals surface area contributed by atoms with Gasteiger partial charge in [-0.15, -0.1) is 11.8 Å². The molecular weight excluding hydrogens is 203 g/mol. The number of halogens is 1. The molecule has 4 heteroatoms. The summed E-state index contributed by atoms with van der Waals surface area (Å²) < 4.78 is 17.6. The lowest BCUT2D eigenvalue weighted by molar-refractivity contribution is -0.139. The quantitative estimate of drug-likeness (QED) is 0.570. The second-order valence-electron chi connectivity index (χ2n) is 2.72. The van der Waals surface area contributed by atoms with Crippen LogP contribution in [0.1, 0.15) is 5.56 Å². The van der Waals surface area contributed by atoms with E-state index < -0.39 is 0 Å². The molecule has 14 heavy (non-hydrogen) atoms. The molecule has 0 aliphatic carbocycles. The summed E-state index contributed by atoms with van der Waals surface area (Å²) >= 11 is 1.32. The number of methoxy groups -OCH3 is 1. The van der Waals surface area contributed by atoms with Gasteiger partial charge in [0.05, 0.1) is 13.5 Å². The second kappa shape index (κ2) is 5.00. The third-order valence-electron chi connectivity index (χ3n) is 1.79. The fourth-order valence-corrected chi connectivity index (χ4v) is 1.59. The molecule has 0 atom stereocenters. The summed E-state index contributed by atoms with van der Waals surface area (Å²) in [6.07, 6.45) is 1.98. The fourth-order valence-electron chi connectivity index (χ4n) is 1.05. The van der Waals surface area contributed by atoms with Crippen molar-refractivity contribution >= 4 is 17.7 Å². The first-order valence-corrected chi connectivity index (χ1v) is 5.29. The van der Waals surface area contributed by atoms with Crippen molar-refractivity contribution in [2.75, 3.05) is 13.4 Å². The van der Waals surface area contributed by atoms with Gasteiger partial charge in [0.25, 0.3) is 0 Å². The van der Waals surface area contributed by atoms with E-state index in [1.165, 1.54) is 24.9 Å². The van der Waals surface area contributed by atoms with Gasteiger partial charge in [-0.2, -0.15) is 0 Å². The molecular formula is C10H11FO2S. The molecule has 0 aliphatic heterocycles. The molecule has 1 aromatic rings. The SMILES string of the molecule is COC(=O)Cc1ccc(F)c(SC)c1. The molecule has 76 valence electrons. The maximum absolute atomic E-state index is 13.1. The van der Waals surface area contributed by atoms with Crippen molar-refractivity contribution in [3.8, 4) is 0 Å². The van der Waals surface area contributed by atoms with Crippen LogP contribution in [-0.2, 0) is 16.0 Å². The second-order valence-corrected chi connectivity index (χ2v) is 3.57. The van der Waals surface area contributed by atoms with Gasteiger partial charge >= 0.3 is 5.97 Å². The lowest BCUT2D eigenvalue weighted by Gasteiger charge is -2.03. The van der Waals surface area contributed by atoms with E-state index in [0.717, 1.165) is 5.56 Å². The van der Waals surface area contributed by atoms with Crippen LogP contribution in [0.15, 0.2) is 23.1 Å². The van der Waals surface area contributed by atoms with Crippen LogP contribution in [0.4, 0.5) is 4.39 Å². The van der Waals surface area contributed by atoms with Gasteiger partial charge in [0.1, 0.15) is 5.82 Å². The maximum Gasteiger partial charge on any atom is 0.309 e. The fraction of sp³-hybridized carbons (Fsp3) is 0.300. The van der Waals surface area contributed by atoms with Crippen LogP contribution in [0.3, 0.4) is 0 Å². The lowest BCUT2D eigenvalue weighted by Crippen LogP contribution is -2.04. The molecule has 0 amide bonds. The first-order chi connectivity index (χ1) is 6.67. The highest BCUT2D eigenvalue weighted by molar-refractivity contribution is 7.98. The molecule has 0 saturated carbocycles. The van der Waals surface area contributed by atoms with Crippen molar-refractivity contribution in [3.63, 3.8) is 0 Å². The van der Waals surface area contributed by atoms with Gasteiger partial charge in [0.2, 0.25) is 0 Å². The average molecular weight is 214 g/mol. The standard InChI is InChI=1S/C10H11FO2S/c1-13-10(12)6-7-3-4-8(11)9(5-7)14-2/h3-5H,6H2,1-2H3. The topological polar surface area (TPSA) is 26.3 Å². The number of thioether (sulfide) groups is 1. The Bertz CT molecular complexity index is 339. The van der Waals surface area contributed by atoms with E-state index in [-0.39, 0.29) is 18.2 Å². The van der Waals surface area contributed by atoms with Crippen molar-refractivity contribution in [1.82, 2.24) is 0 Å². The largest absolute Gasteiger partial charge is 0.469 e. The summed E-state index contributed by atoms with van der Waals surface area (Å²) in [5.74, 6) is -0.574. The van der Waals surface area contributed by atoms with Crippen LogP contribution in [0.2, 0.25) is 0 Å². The summed E-state index contributed by atoms with van der Waals surface area (Å²) in [6.45, 7) is 0. The van der Waals surface area contributed by atoms with E-state index in [9.17, 15) is 9.18 Å². The number of hydrogen-bond acceptors (Lipinski definition) is 3. The van der Waals surface area contributed by atoms with Gasteiger partial charge in [-0.1, -0.05) is 6.07 Å². The number of ether oxygens (including phenoxy) is 1. The van der Waals surface area contributed by atoms with E-state index >= 15 is 0 Å². The van der Waals surface area contributed by atoms with Crippen molar-refractivity contribution < 1.29 is 13.9 Å². The van der Waals surface area contributed by atoms with Crippen molar-refractivity contribution in [3.05, 3.63) is 29.6 Å². The van der Waals surface area contributed by atoms with Crippen LogP contribution in [0.5, 0.6) is 0 Å². The minimum absolute atomic E-state index is 0.185. The minimum Gasteiger partial charge on any atom is -0.469 e. The highest BCUT2D eigenvalue weighted by Gasteiger charge is 2.06. The molecule has 1 aromatic carbocycles. The maximum atomic E-state index is 13.1. The average Bonchev–Trinajstić information content (AvgIpc) is 2.20. The molecule has 0 heterocycles. The third-order valence-corrected chi connectivity index (χ3v) is 2.54. The molecule has 0 fully saturated rings. The number of esters is 1. The normalized spacial score (nSPS) is 9.93. The van der Waals surface area contributed by atoms with Crippen LogP contribution >= 0.6 is 11.8 Å². The lowest BCUT2D eigenvalue weighted by atomic mass is 10.1. The van der Waals surface area contributed by atoms with Crippen molar-refractivity contribution in [2.45, 2.75) is 11.3 Å². The first-order valence-electron chi connectivity index (χ1n) is 4.06. The summed E-state index contributed by atoms with van der Waals surface area (Å²) in [7, 11) is 1.33. The minimum atomic E-state index is -0.316. The summed E-state index contributed by atoms with van der Waals surface area (Å²) in [6, 6.07) is 4.62. The van der Waals surface area contributed by atoms with Gasteiger partial charge in [-0.25, -0.2) is 4.39 Å². The van der Waals surface area contributed by atoms with Gasteiger partial charge in [-0.3, -0.25) is 4.79 Å². The molecule has 0 aromatic heterocycles. The Morgan fingerprint density at radius 1 is 1.57 bits per heavy atom. The third kappa shape index (κ3) is 2.73. The van der Waals surface area contributed by atoms with Crippen molar-refractivity contribution in [1.29, 1.82) is 0 Å². The van der Waals surface area contributed by atoms with Crippen LogP contribution < -0.4 is 0 Å². The van der Waals surface area contributed by atoms with E-state index in [1.54, 1.807) is 18.4 Å². The molecule has 0 saturated heterocycles.